The highest BCUT2D eigenvalue weighted by atomic mass is 14.5. The Morgan fingerprint density at radius 2 is 1.00 bits per heavy atom. The molecule has 0 spiro atoms. The van der Waals surface area contributed by atoms with Crippen molar-refractivity contribution in [2.24, 2.45) is 5.73 Å². The molecule has 0 aromatic rings. The van der Waals surface area contributed by atoms with Crippen molar-refractivity contribution in [3.8, 4) is 23.7 Å². The molecule has 21 heavy (non-hydrogen) atoms. The van der Waals surface area contributed by atoms with Crippen LogP contribution in [0.25, 0.3) is 0 Å². The number of hydrogen-bond donors (Lipinski definition) is 1. The van der Waals surface area contributed by atoms with Crippen LogP contribution in [0.3, 0.4) is 0 Å². The zero-order valence-corrected chi connectivity index (χ0v) is 14.2. The molecule has 0 unspecified atom stereocenters. The summed E-state index contributed by atoms with van der Waals surface area (Å²) in [5.74, 6) is 12.1. The number of unbranched alkanes of at least 4 members (excludes halogenated alkanes) is 12. The fourth-order valence-electron chi connectivity index (χ4n) is 2.27. The van der Waals surface area contributed by atoms with Crippen LogP contribution >= 0.6 is 0 Å². The van der Waals surface area contributed by atoms with E-state index in [4.69, 9.17) is 5.73 Å². The summed E-state index contributed by atoms with van der Waals surface area (Å²) in [4.78, 5) is 0. The van der Waals surface area contributed by atoms with Crippen molar-refractivity contribution in [3.05, 3.63) is 0 Å². The van der Waals surface area contributed by atoms with Crippen molar-refractivity contribution in [2.45, 2.75) is 96.8 Å². The first-order valence-electron chi connectivity index (χ1n) is 9.07. The van der Waals surface area contributed by atoms with Gasteiger partial charge >= 0.3 is 0 Å². The van der Waals surface area contributed by atoms with E-state index in [0.717, 1.165) is 32.2 Å². The Bertz CT molecular complexity index is 310. The topological polar surface area (TPSA) is 26.0 Å². The highest BCUT2D eigenvalue weighted by molar-refractivity contribution is 5.25. The van der Waals surface area contributed by atoms with Gasteiger partial charge in [-0.2, -0.15) is 0 Å². The van der Waals surface area contributed by atoms with E-state index in [1.807, 2.05) is 0 Å². The predicted octanol–water partition coefficient (Wildman–Crippen LogP) is 5.43. The molecule has 0 atom stereocenters. The molecular formula is C20H35N. The third kappa shape index (κ3) is 19.1. The normalized spacial score (nSPS) is 9.62. The van der Waals surface area contributed by atoms with E-state index in [9.17, 15) is 0 Å². The third-order valence-electron chi connectivity index (χ3n) is 3.65. The van der Waals surface area contributed by atoms with Gasteiger partial charge in [0.05, 0.1) is 0 Å². The Labute approximate surface area is 133 Å². The minimum atomic E-state index is 0.770. The second-order valence-electron chi connectivity index (χ2n) is 5.78. The maximum absolute atomic E-state index is 5.42. The van der Waals surface area contributed by atoms with Crippen molar-refractivity contribution in [1.29, 1.82) is 0 Å². The lowest BCUT2D eigenvalue weighted by Crippen LogP contribution is -1.96. The maximum Gasteiger partial charge on any atom is 0.00993 e. The molecule has 120 valence electrons. The van der Waals surface area contributed by atoms with Crippen LogP contribution < -0.4 is 5.73 Å². The Balaban J connectivity index is 3.18. The van der Waals surface area contributed by atoms with Gasteiger partial charge in [-0.25, -0.2) is 0 Å². The first-order valence-corrected chi connectivity index (χ1v) is 9.07. The Kier molecular flexibility index (Phi) is 18.2. The van der Waals surface area contributed by atoms with Gasteiger partial charge in [-0.3, -0.25) is 0 Å². The Morgan fingerprint density at radius 1 is 0.571 bits per heavy atom. The minimum absolute atomic E-state index is 0.770. The largest absolute Gasteiger partial charge is 0.330 e. The molecule has 0 saturated carbocycles. The molecule has 0 aliphatic heterocycles. The first kappa shape index (κ1) is 20.1. The van der Waals surface area contributed by atoms with Gasteiger partial charge in [0.15, 0.2) is 0 Å². The van der Waals surface area contributed by atoms with Gasteiger partial charge in [0.25, 0.3) is 0 Å². The van der Waals surface area contributed by atoms with E-state index in [-0.39, 0.29) is 0 Å². The summed E-state index contributed by atoms with van der Waals surface area (Å²) in [5, 5.41) is 0. The molecule has 0 amide bonds. The zero-order valence-electron chi connectivity index (χ0n) is 14.2. The van der Waals surface area contributed by atoms with Crippen LogP contribution in [0.1, 0.15) is 96.8 Å². The number of nitrogens with two attached hydrogens (primary N) is 1. The van der Waals surface area contributed by atoms with Crippen molar-refractivity contribution in [3.63, 3.8) is 0 Å². The van der Waals surface area contributed by atoms with Crippen LogP contribution in [0.15, 0.2) is 0 Å². The average molecular weight is 290 g/mol. The highest BCUT2D eigenvalue weighted by Gasteiger charge is 1.91. The van der Waals surface area contributed by atoms with Gasteiger partial charge < -0.3 is 5.73 Å². The van der Waals surface area contributed by atoms with E-state index in [2.05, 4.69) is 30.6 Å². The number of hydrogen-bond acceptors (Lipinski definition) is 1. The molecule has 0 saturated heterocycles. The smallest absolute Gasteiger partial charge is 0.00993 e. The zero-order chi connectivity index (χ0) is 15.4. The quantitative estimate of drug-likeness (QED) is 0.355. The lowest BCUT2D eigenvalue weighted by Gasteiger charge is -2.00. The summed E-state index contributed by atoms with van der Waals surface area (Å²) in [6.07, 6.45) is 17.9. The SMILES string of the molecule is CCCCCCCCCCCCC#CC#CCCCCN. The Hall–Kier alpha value is -0.920. The third-order valence-corrected chi connectivity index (χ3v) is 3.65. The molecular weight excluding hydrogens is 254 g/mol. The molecule has 0 aliphatic carbocycles. The molecule has 1 nitrogen and oxygen atoms in total. The van der Waals surface area contributed by atoms with Crippen molar-refractivity contribution in [1.82, 2.24) is 0 Å². The van der Waals surface area contributed by atoms with Gasteiger partial charge in [0, 0.05) is 12.8 Å². The highest BCUT2D eigenvalue weighted by Crippen LogP contribution is 2.10. The molecule has 1 heteroatoms. The lowest BCUT2D eigenvalue weighted by atomic mass is 10.1. The minimum Gasteiger partial charge on any atom is -0.330 e. The second kappa shape index (κ2) is 19.1. The van der Waals surface area contributed by atoms with E-state index in [1.165, 1.54) is 64.2 Å². The van der Waals surface area contributed by atoms with Crippen LogP contribution in [0.2, 0.25) is 0 Å². The van der Waals surface area contributed by atoms with Gasteiger partial charge in [0.1, 0.15) is 0 Å². The first-order chi connectivity index (χ1) is 10.4. The van der Waals surface area contributed by atoms with Gasteiger partial charge in [-0.1, -0.05) is 76.6 Å². The summed E-state index contributed by atoms with van der Waals surface area (Å²) in [5.41, 5.74) is 5.42. The Morgan fingerprint density at radius 3 is 1.48 bits per heavy atom. The van der Waals surface area contributed by atoms with Crippen LogP contribution in [-0.4, -0.2) is 6.54 Å². The summed E-state index contributed by atoms with van der Waals surface area (Å²) < 4.78 is 0. The van der Waals surface area contributed by atoms with Gasteiger partial charge in [-0.15, -0.1) is 0 Å². The van der Waals surface area contributed by atoms with Gasteiger partial charge in [0.2, 0.25) is 0 Å². The molecule has 0 aromatic carbocycles. The summed E-state index contributed by atoms with van der Waals surface area (Å²) in [7, 11) is 0. The summed E-state index contributed by atoms with van der Waals surface area (Å²) in [6, 6.07) is 0. The molecule has 0 rings (SSSR count). The molecule has 0 aliphatic rings. The second-order valence-corrected chi connectivity index (χ2v) is 5.78. The van der Waals surface area contributed by atoms with Crippen molar-refractivity contribution < 1.29 is 0 Å². The molecule has 2 N–H and O–H groups in total. The van der Waals surface area contributed by atoms with Crippen LogP contribution in [0, 0.1) is 23.7 Å². The van der Waals surface area contributed by atoms with E-state index in [1.54, 1.807) is 0 Å². The molecule has 0 fully saturated rings. The van der Waals surface area contributed by atoms with Gasteiger partial charge in [-0.05, 0) is 37.6 Å². The molecule has 0 bridgehead atoms. The predicted molar refractivity (Wildman–Crippen MR) is 94.9 cm³/mol. The van der Waals surface area contributed by atoms with E-state index >= 15 is 0 Å². The number of rotatable bonds is 13. The lowest BCUT2D eigenvalue weighted by molar-refractivity contribution is 0.558. The van der Waals surface area contributed by atoms with Crippen LogP contribution in [0.5, 0.6) is 0 Å². The molecule has 0 heterocycles. The monoisotopic (exact) mass is 289 g/mol. The molecule has 0 radical (unpaired) electrons. The van der Waals surface area contributed by atoms with Crippen LogP contribution in [0.4, 0.5) is 0 Å². The summed E-state index contributed by atoms with van der Waals surface area (Å²) in [6.45, 7) is 3.04. The van der Waals surface area contributed by atoms with Crippen LogP contribution in [-0.2, 0) is 0 Å². The standard InChI is InChI=1S/C20H35N/c1-2-3-4-5-6-7-8-9-10-11-12-13-14-15-16-17-18-19-20-21/h2-12,17-21H2,1H3. The van der Waals surface area contributed by atoms with E-state index < -0.39 is 0 Å². The average Bonchev–Trinajstić information content (AvgIpc) is 2.50. The van der Waals surface area contributed by atoms with Crippen molar-refractivity contribution in [2.75, 3.05) is 6.54 Å². The van der Waals surface area contributed by atoms with Crippen molar-refractivity contribution >= 4 is 0 Å². The fraction of sp³-hybridized carbons (Fsp3) is 0.800. The maximum atomic E-state index is 5.42. The fourth-order valence-corrected chi connectivity index (χ4v) is 2.27. The van der Waals surface area contributed by atoms with E-state index in [0.29, 0.717) is 0 Å². The molecule has 0 aromatic heterocycles. The summed E-state index contributed by atoms with van der Waals surface area (Å²) >= 11 is 0.